The van der Waals surface area contributed by atoms with Gasteiger partial charge in [0.2, 0.25) is 10.0 Å². The Kier molecular flexibility index (Phi) is 3.88. The summed E-state index contributed by atoms with van der Waals surface area (Å²) in [5.41, 5.74) is 0. The number of pyridine rings is 1. The van der Waals surface area contributed by atoms with Crippen LogP contribution < -0.4 is 4.72 Å². The normalized spacial score (nSPS) is 11.3. The predicted octanol–water partition coefficient (Wildman–Crippen LogP) is -0.740. The second-order valence-corrected chi connectivity index (χ2v) is 4.50. The fourth-order valence-corrected chi connectivity index (χ4v) is 1.87. The van der Waals surface area contributed by atoms with Crippen LogP contribution in [0.15, 0.2) is 23.2 Å². The smallest absolute Gasteiger partial charge is 0.363 e. The second-order valence-electron chi connectivity index (χ2n) is 2.73. The Bertz CT molecular complexity index is 469. The van der Waals surface area contributed by atoms with Crippen molar-refractivity contribution in [2.24, 2.45) is 0 Å². The molecule has 0 amide bonds. The number of sulfonamides is 1. The zero-order valence-electron chi connectivity index (χ0n) is 8.03. The van der Waals surface area contributed by atoms with E-state index in [4.69, 9.17) is 5.11 Å². The van der Waals surface area contributed by atoms with Gasteiger partial charge < -0.3 is 15.2 Å². The lowest BCUT2D eigenvalue weighted by Crippen LogP contribution is -2.26. The van der Waals surface area contributed by atoms with E-state index in [0.29, 0.717) is 0 Å². The Labute approximate surface area is 91.1 Å². The first-order valence-corrected chi connectivity index (χ1v) is 5.66. The van der Waals surface area contributed by atoms with Crippen LogP contribution in [0.5, 0.6) is 0 Å². The monoisotopic (exact) mass is 247 g/mol. The molecule has 1 aromatic heterocycles. The molecule has 0 unspecified atom stereocenters. The van der Waals surface area contributed by atoms with E-state index in [1.165, 1.54) is 0 Å². The lowest BCUT2D eigenvalue weighted by Gasteiger charge is -2.02. The van der Waals surface area contributed by atoms with Crippen molar-refractivity contribution < 1.29 is 18.4 Å². The van der Waals surface area contributed by atoms with Crippen molar-refractivity contribution in [3.63, 3.8) is 0 Å². The van der Waals surface area contributed by atoms with Crippen molar-refractivity contribution in [3.8, 4) is 0 Å². The molecule has 1 rings (SSSR count). The maximum Gasteiger partial charge on any atom is 0.363 e. The Morgan fingerprint density at radius 2 is 2.19 bits per heavy atom. The van der Waals surface area contributed by atoms with Crippen LogP contribution >= 0.6 is 0 Å². The van der Waals surface area contributed by atoms with Gasteiger partial charge in [0.05, 0.1) is 6.61 Å². The standard InChI is InChI=1S/C7H9N3O5S/c11-4-3-9-16(14,15)6-1-2-7(8-5-6)10(12)13/h1-2,5,9,11H,3-4H2. The van der Waals surface area contributed by atoms with Gasteiger partial charge in [-0.15, -0.1) is 0 Å². The third-order valence-electron chi connectivity index (χ3n) is 1.62. The molecule has 1 heterocycles. The topological polar surface area (TPSA) is 122 Å². The molecule has 0 aliphatic rings. The molecular formula is C7H9N3O5S. The summed E-state index contributed by atoms with van der Waals surface area (Å²) in [6, 6.07) is 2.07. The molecule has 0 radical (unpaired) electrons. The molecule has 1 aromatic rings. The van der Waals surface area contributed by atoms with E-state index in [1.807, 2.05) is 0 Å². The first kappa shape index (κ1) is 12.5. The van der Waals surface area contributed by atoms with E-state index in [2.05, 4.69) is 9.71 Å². The Morgan fingerprint density at radius 1 is 1.50 bits per heavy atom. The SMILES string of the molecule is O=[N+]([O-])c1ccc(S(=O)(=O)NCCO)cn1. The average Bonchev–Trinajstić information content (AvgIpc) is 2.26. The van der Waals surface area contributed by atoms with Gasteiger partial charge in [-0.1, -0.05) is 0 Å². The van der Waals surface area contributed by atoms with E-state index in [0.717, 1.165) is 18.3 Å². The molecule has 0 atom stereocenters. The number of nitro groups is 1. The molecule has 0 saturated carbocycles. The molecule has 2 N–H and O–H groups in total. The van der Waals surface area contributed by atoms with E-state index in [9.17, 15) is 18.5 Å². The molecule has 0 saturated heterocycles. The van der Waals surface area contributed by atoms with Crippen molar-refractivity contribution in [2.75, 3.05) is 13.2 Å². The number of hydrogen-bond acceptors (Lipinski definition) is 6. The lowest BCUT2D eigenvalue weighted by atomic mass is 10.5. The molecular weight excluding hydrogens is 238 g/mol. The third-order valence-corrected chi connectivity index (χ3v) is 3.07. The van der Waals surface area contributed by atoms with Gasteiger partial charge in [0.25, 0.3) is 0 Å². The Balaban J connectivity index is 2.93. The predicted molar refractivity (Wildman–Crippen MR) is 53.2 cm³/mol. The quantitative estimate of drug-likeness (QED) is 0.522. The van der Waals surface area contributed by atoms with E-state index >= 15 is 0 Å². The molecule has 88 valence electrons. The number of nitrogens with one attached hydrogen (secondary N) is 1. The van der Waals surface area contributed by atoms with Crippen molar-refractivity contribution >= 4 is 15.8 Å². The number of nitrogens with zero attached hydrogens (tertiary/aromatic N) is 2. The second kappa shape index (κ2) is 4.96. The van der Waals surface area contributed by atoms with Crippen molar-refractivity contribution in [1.82, 2.24) is 9.71 Å². The lowest BCUT2D eigenvalue weighted by molar-refractivity contribution is -0.389. The van der Waals surface area contributed by atoms with Crippen LogP contribution in [0.4, 0.5) is 5.82 Å². The first-order valence-electron chi connectivity index (χ1n) is 4.18. The van der Waals surface area contributed by atoms with Crippen molar-refractivity contribution in [3.05, 3.63) is 28.4 Å². The zero-order chi connectivity index (χ0) is 12.2. The maximum atomic E-state index is 11.4. The van der Waals surface area contributed by atoms with Crippen LogP contribution in [0.1, 0.15) is 0 Å². The third kappa shape index (κ3) is 2.95. The minimum atomic E-state index is -3.76. The first-order chi connectivity index (χ1) is 7.47. The highest BCUT2D eigenvalue weighted by Gasteiger charge is 2.17. The molecule has 0 bridgehead atoms. The fourth-order valence-electron chi connectivity index (χ4n) is 0.903. The van der Waals surface area contributed by atoms with Gasteiger partial charge in [0.15, 0.2) is 6.20 Å². The number of hydrogen-bond donors (Lipinski definition) is 2. The van der Waals surface area contributed by atoms with Gasteiger partial charge in [0.1, 0.15) is 4.90 Å². The maximum absolute atomic E-state index is 11.4. The fraction of sp³-hybridized carbons (Fsp3) is 0.286. The molecule has 0 aliphatic carbocycles. The van der Waals surface area contributed by atoms with Crippen LogP contribution in [-0.2, 0) is 10.0 Å². The highest BCUT2D eigenvalue weighted by Crippen LogP contribution is 2.11. The molecule has 8 nitrogen and oxygen atoms in total. The number of aliphatic hydroxyl groups excluding tert-OH is 1. The van der Waals surface area contributed by atoms with E-state index in [1.54, 1.807) is 0 Å². The number of aromatic nitrogens is 1. The van der Waals surface area contributed by atoms with Gasteiger partial charge in [-0.2, -0.15) is 0 Å². The van der Waals surface area contributed by atoms with E-state index in [-0.39, 0.29) is 18.0 Å². The minimum absolute atomic E-state index is 0.126. The summed E-state index contributed by atoms with van der Waals surface area (Å²) >= 11 is 0. The summed E-state index contributed by atoms with van der Waals surface area (Å²) in [6.45, 7) is -0.459. The summed E-state index contributed by atoms with van der Waals surface area (Å²) in [4.78, 5) is 12.7. The van der Waals surface area contributed by atoms with Gasteiger partial charge >= 0.3 is 5.82 Å². The highest BCUT2D eigenvalue weighted by molar-refractivity contribution is 7.89. The molecule has 0 aromatic carbocycles. The van der Waals surface area contributed by atoms with Gasteiger partial charge in [-0.3, -0.25) is 0 Å². The summed E-state index contributed by atoms with van der Waals surface area (Å²) < 4.78 is 25.0. The van der Waals surface area contributed by atoms with Crippen LogP contribution in [-0.4, -0.2) is 36.6 Å². The van der Waals surface area contributed by atoms with Gasteiger partial charge in [-0.05, 0) is 16.0 Å². The van der Waals surface area contributed by atoms with Crippen molar-refractivity contribution in [2.45, 2.75) is 4.90 Å². The zero-order valence-corrected chi connectivity index (χ0v) is 8.85. The van der Waals surface area contributed by atoms with E-state index < -0.39 is 20.8 Å². The summed E-state index contributed by atoms with van der Waals surface area (Å²) in [5, 5.41) is 18.7. The van der Waals surface area contributed by atoms with Crippen LogP contribution in [0.25, 0.3) is 0 Å². The van der Waals surface area contributed by atoms with Gasteiger partial charge in [0, 0.05) is 12.6 Å². The molecule has 16 heavy (non-hydrogen) atoms. The van der Waals surface area contributed by atoms with Crippen LogP contribution in [0, 0.1) is 10.1 Å². The van der Waals surface area contributed by atoms with Crippen LogP contribution in [0.2, 0.25) is 0 Å². The number of rotatable bonds is 5. The minimum Gasteiger partial charge on any atom is -0.395 e. The molecule has 0 fully saturated rings. The average molecular weight is 247 g/mol. The summed E-state index contributed by atoms with van der Waals surface area (Å²) in [6.07, 6.45) is 0.887. The Morgan fingerprint density at radius 3 is 2.62 bits per heavy atom. The number of aliphatic hydroxyl groups is 1. The molecule has 0 spiro atoms. The summed E-state index contributed by atoms with van der Waals surface area (Å²) in [5.74, 6) is -0.430. The molecule has 9 heteroatoms. The van der Waals surface area contributed by atoms with Crippen LogP contribution in [0.3, 0.4) is 0 Å². The summed E-state index contributed by atoms with van der Waals surface area (Å²) in [7, 11) is -3.76. The van der Waals surface area contributed by atoms with Crippen molar-refractivity contribution in [1.29, 1.82) is 0 Å². The molecule has 0 aliphatic heterocycles. The largest absolute Gasteiger partial charge is 0.395 e. The Hall–Kier alpha value is -1.58. The highest BCUT2D eigenvalue weighted by atomic mass is 32.2. The van der Waals surface area contributed by atoms with Gasteiger partial charge in [-0.25, -0.2) is 13.1 Å².